The molecule has 0 aromatic heterocycles. The Kier molecular flexibility index (Phi) is 12.5. The van der Waals surface area contributed by atoms with E-state index in [0.717, 1.165) is 28.8 Å². The molecule has 0 spiro atoms. The number of ketones is 1. The number of urea groups is 1. The van der Waals surface area contributed by atoms with E-state index in [2.05, 4.69) is 25.2 Å². The summed E-state index contributed by atoms with van der Waals surface area (Å²) >= 11 is 0. The minimum atomic E-state index is -1.33. The average molecular weight is 703 g/mol. The summed E-state index contributed by atoms with van der Waals surface area (Å²) < 4.78 is 33.6. The summed E-state index contributed by atoms with van der Waals surface area (Å²) in [5.41, 5.74) is 1.86. The highest BCUT2D eigenvalue weighted by Gasteiger charge is 2.57. The maximum absolute atomic E-state index is 14.4. The molecular formula is C42H52F2N2O5. The van der Waals surface area contributed by atoms with Crippen molar-refractivity contribution in [2.45, 2.75) is 95.8 Å². The highest BCUT2D eigenvalue weighted by atomic mass is 19.2. The Morgan fingerprint density at radius 2 is 1.80 bits per heavy atom. The number of hydrogen-bond acceptors (Lipinski definition) is 5. The van der Waals surface area contributed by atoms with Gasteiger partial charge in [0.25, 0.3) is 0 Å². The number of benzene rings is 3. The smallest absolute Gasteiger partial charge is 0.317 e. The normalized spacial score (nSPS) is 24.3. The zero-order valence-electron chi connectivity index (χ0n) is 30.3. The molecule has 9 heteroatoms. The number of allylic oxidation sites excluding steroid dienone is 2. The second-order valence-corrected chi connectivity index (χ2v) is 14.8. The SMILES string of the molecule is COCCCN(CC1(O)CCC2c3ccc(cc3C(=O)c3ccc(F)c(F)c3)CC(O)CCC(C)=CCCC21C)C(=O)NC(C)c1ccccc1. The van der Waals surface area contributed by atoms with Gasteiger partial charge in [-0.2, -0.15) is 0 Å². The number of halogens is 2. The van der Waals surface area contributed by atoms with Gasteiger partial charge in [0, 0.05) is 36.8 Å². The molecule has 2 amide bonds. The van der Waals surface area contributed by atoms with Crippen LogP contribution in [0.4, 0.5) is 13.6 Å². The highest BCUT2D eigenvalue weighted by Crippen LogP contribution is 2.59. The summed E-state index contributed by atoms with van der Waals surface area (Å²) in [5.74, 6) is -2.88. The van der Waals surface area contributed by atoms with Crippen molar-refractivity contribution in [1.82, 2.24) is 10.2 Å². The molecule has 0 aliphatic heterocycles. The molecule has 3 aromatic carbocycles. The van der Waals surface area contributed by atoms with Crippen molar-refractivity contribution < 1.29 is 33.3 Å². The molecule has 2 bridgehead atoms. The van der Waals surface area contributed by atoms with E-state index in [1.54, 1.807) is 18.1 Å². The van der Waals surface area contributed by atoms with E-state index >= 15 is 0 Å². The summed E-state index contributed by atoms with van der Waals surface area (Å²) in [6, 6.07) is 17.9. The van der Waals surface area contributed by atoms with E-state index in [-0.39, 0.29) is 30.1 Å². The lowest BCUT2D eigenvalue weighted by molar-refractivity contribution is -0.0775. The highest BCUT2D eigenvalue weighted by molar-refractivity contribution is 6.10. The van der Waals surface area contributed by atoms with Gasteiger partial charge >= 0.3 is 6.03 Å². The van der Waals surface area contributed by atoms with Gasteiger partial charge in [-0.25, -0.2) is 13.6 Å². The maximum atomic E-state index is 14.4. The fourth-order valence-electron chi connectivity index (χ4n) is 8.06. The molecule has 0 radical (unpaired) electrons. The molecule has 5 atom stereocenters. The number of rotatable bonds is 10. The van der Waals surface area contributed by atoms with Gasteiger partial charge in [-0.15, -0.1) is 0 Å². The van der Waals surface area contributed by atoms with Crippen LogP contribution in [0.2, 0.25) is 0 Å². The van der Waals surface area contributed by atoms with Crippen LogP contribution >= 0.6 is 0 Å². The van der Waals surface area contributed by atoms with Crippen molar-refractivity contribution >= 4 is 11.8 Å². The number of fused-ring (bicyclic) bond motifs is 8. The van der Waals surface area contributed by atoms with E-state index in [0.29, 0.717) is 75.6 Å². The quantitative estimate of drug-likeness (QED) is 0.113. The lowest BCUT2D eigenvalue weighted by atomic mass is 9.64. The molecule has 3 N–H and O–H groups in total. The number of methoxy groups -OCH3 is 1. The van der Waals surface area contributed by atoms with Gasteiger partial charge in [0.15, 0.2) is 17.4 Å². The van der Waals surface area contributed by atoms with Crippen molar-refractivity contribution in [2.24, 2.45) is 5.41 Å². The van der Waals surface area contributed by atoms with Crippen LogP contribution in [0.1, 0.15) is 110 Å². The van der Waals surface area contributed by atoms with Gasteiger partial charge in [-0.3, -0.25) is 4.79 Å². The predicted octanol–water partition coefficient (Wildman–Crippen LogP) is 8.04. The monoisotopic (exact) mass is 702 g/mol. The molecular weight excluding hydrogens is 650 g/mol. The van der Waals surface area contributed by atoms with E-state index < -0.39 is 34.5 Å². The lowest BCUT2D eigenvalue weighted by Gasteiger charge is -2.46. The summed E-state index contributed by atoms with van der Waals surface area (Å²) in [7, 11) is 1.62. The van der Waals surface area contributed by atoms with Gasteiger partial charge in [0.1, 0.15) is 0 Å². The van der Waals surface area contributed by atoms with Crippen molar-refractivity contribution in [3.8, 4) is 0 Å². The molecule has 1 fully saturated rings. The van der Waals surface area contributed by atoms with E-state index in [4.69, 9.17) is 4.74 Å². The topological polar surface area (TPSA) is 99.1 Å². The number of amides is 2. The Bertz CT molecular complexity index is 1710. The standard InChI is InChI=1S/C42H52F2N2O5/c1-28-10-8-20-41(3)36(19-21-42(41,50)27-46(22-9-23-51-4)40(49)45-29(2)31-11-6-5-7-12-31)34-17-14-30(24-33(47)16-13-28)25-35(34)39(48)32-15-18-37(43)38(44)26-32/h5-7,10-12,14-15,17-18,25-26,29,33,36,47,50H,8-9,13,16,19-24,27H2,1-4H3,(H,45,49). The molecule has 51 heavy (non-hydrogen) atoms. The van der Waals surface area contributed by atoms with Crippen LogP contribution in [0.3, 0.4) is 0 Å². The summed E-state index contributed by atoms with van der Waals surface area (Å²) in [6.07, 6.45) is 5.89. The Morgan fingerprint density at radius 3 is 2.53 bits per heavy atom. The van der Waals surface area contributed by atoms with Gasteiger partial charge in [0.2, 0.25) is 0 Å². The molecule has 0 saturated heterocycles. The van der Waals surface area contributed by atoms with Gasteiger partial charge in [0.05, 0.1) is 24.3 Å². The lowest BCUT2D eigenvalue weighted by Crippen LogP contribution is -2.55. The Hall–Kier alpha value is -3.92. The summed E-state index contributed by atoms with van der Waals surface area (Å²) in [4.78, 5) is 29.8. The number of aliphatic hydroxyl groups excluding tert-OH is 1. The third kappa shape index (κ3) is 8.76. The van der Waals surface area contributed by atoms with Crippen molar-refractivity contribution in [3.63, 3.8) is 0 Å². The molecule has 3 aliphatic carbocycles. The van der Waals surface area contributed by atoms with Crippen molar-refractivity contribution in [3.05, 3.63) is 118 Å². The first-order chi connectivity index (χ1) is 24.3. The number of nitrogens with one attached hydrogen (secondary N) is 1. The van der Waals surface area contributed by atoms with Crippen molar-refractivity contribution in [1.29, 1.82) is 0 Å². The van der Waals surface area contributed by atoms with E-state index in [1.807, 2.05) is 49.4 Å². The molecule has 3 aromatic rings. The number of ether oxygens (including phenoxy) is 1. The predicted molar refractivity (Wildman–Crippen MR) is 195 cm³/mol. The third-order valence-electron chi connectivity index (χ3n) is 11.3. The molecule has 274 valence electrons. The average Bonchev–Trinajstić information content (AvgIpc) is 3.36. The summed E-state index contributed by atoms with van der Waals surface area (Å²) in [5, 5.41) is 26.9. The van der Waals surface area contributed by atoms with Crippen molar-refractivity contribution in [2.75, 3.05) is 26.8 Å². The Balaban J connectivity index is 1.55. The molecule has 5 unspecified atom stereocenters. The molecule has 1 saturated carbocycles. The number of carbonyl (C=O) groups is 2. The minimum Gasteiger partial charge on any atom is -0.393 e. The van der Waals surface area contributed by atoms with Crippen LogP contribution < -0.4 is 5.32 Å². The Morgan fingerprint density at radius 1 is 1.04 bits per heavy atom. The number of nitrogens with zero attached hydrogens (tertiary/aromatic N) is 1. The van der Waals surface area contributed by atoms with Gasteiger partial charge in [-0.1, -0.05) is 61.0 Å². The van der Waals surface area contributed by atoms with Crippen LogP contribution in [-0.2, 0) is 11.2 Å². The van der Waals surface area contributed by atoms with E-state index in [1.165, 1.54) is 6.07 Å². The largest absolute Gasteiger partial charge is 0.393 e. The van der Waals surface area contributed by atoms with E-state index in [9.17, 15) is 28.6 Å². The first-order valence-electron chi connectivity index (χ1n) is 18.1. The van der Waals surface area contributed by atoms with Crippen LogP contribution in [0.25, 0.3) is 0 Å². The maximum Gasteiger partial charge on any atom is 0.317 e. The molecule has 6 rings (SSSR count). The van der Waals surface area contributed by atoms with Crippen LogP contribution in [0.5, 0.6) is 0 Å². The number of carbonyl (C=O) groups excluding carboxylic acids is 2. The first kappa shape index (κ1) is 38.3. The van der Waals surface area contributed by atoms with Crippen LogP contribution in [0, 0.1) is 17.0 Å². The second-order valence-electron chi connectivity index (χ2n) is 14.8. The van der Waals surface area contributed by atoms with Gasteiger partial charge in [-0.05, 0) is 112 Å². The zero-order valence-corrected chi connectivity index (χ0v) is 30.3. The molecule has 7 nitrogen and oxygen atoms in total. The van der Waals surface area contributed by atoms with Crippen LogP contribution in [-0.4, -0.2) is 65.4 Å². The third-order valence-corrected chi connectivity index (χ3v) is 11.3. The second kappa shape index (κ2) is 16.6. The number of aliphatic hydroxyl groups is 2. The molecule has 0 heterocycles. The van der Waals surface area contributed by atoms with Gasteiger partial charge < -0.3 is 25.2 Å². The zero-order chi connectivity index (χ0) is 36.8. The number of hydrogen-bond donors (Lipinski definition) is 3. The molecule has 3 aliphatic rings. The summed E-state index contributed by atoms with van der Waals surface area (Å²) in [6.45, 7) is 6.96. The van der Waals surface area contributed by atoms with Crippen LogP contribution in [0.15, 0.2) is 78.4 Å². The Labute approximate surface area is 300 Å². The minimum absolute atomic E-state index is 0.0241. The fourth-order valence-corrected chi connectivity index (χ4v) is 8.06. The first-order valence-corrected chi connectivity index (χ1v) is 18.1. The fraction of sp³-hybridized carbons (Fsp3) is 0.476.